The number of aromatic nitrogens is 4. The summed E-state index contributed by atoms with van der Waals surface area (Å²) in [6, 6.07) is 9.22. The number of carbonyl (C=O) groups excluding carboxylic acids is 1. The molecule has 0 saturated carbocycles. The summed E-state index contributed by atoms with van der Waals surface area (Å²) < 4.78 is 1.81. The fourth-order valence-corrected chi connectivity index (χ4v) is 4.10. The van der Waals surface area contributed by atoms with Crippen LogP contribution in [0.1, 0.15) is 17.9 Å². The van der Waals surface area contributed by atoms with Gasteiger partial charge in [0.2, 0.25) is 5.91 Å². The zero-order valence-corrected chi connectivity index (χ0v) is 17.9. The number of para-hydroxylation sites is 1. The third kappa shape index (κ3) is 4.11. The minimum absolute atomic E-state index is 0.0270. The molecule has 4 rings (SSSR count). The number of aryl methyl sites for hydroxylation is 2. The maximum absolute atomic E-state index is 12.7. The molecule has 1 saturated heterocycles. The number of piperazine rings is 1. The van der Waals surface area contributed by atoms with Gasteiger partial charge in [0.25, 0.3) is 5.56 Å². The van der Waals surface area contributed by atoms with E-state index >= 15 is 0 Å². The Balaban J connectivity index is 1.39. The van der Waals surface area contributed by atoms with Gasteiger partial charge in [0.1, 0.15) is 11.6 Å². The van der Waals surface area contributed by atoms with Gasteiger partial charge in [-0.1, -0.05) is 12.1 Å². The highest BCUT2D eigenvalue weighted by molar-refractivity contribution is 7.71. The molecular weight excluding hydrogens is 400 g/mol. The second-order valence-corrected chi connectivity index (χ2v) is 7.85. The number of benzene rings is 1. The van der Waals surface area contributed by atoms with Crippen molar-refractivity contribution in [3.05, 3.63) is 57.0 Å². The Morgan fingerprint density at radius 3 is 2.60 bits per heavy atom. The monoisotopic (exact) mass is 424 g/mol. The average molecular weight is 425 g/mol. The van der Waals surface area contributed by atoms with Crippen LogP contribution in [0.3, 0.4) is 0 Å². The van der Waals surface area contributed by atoms with E-state index in [9.17, 15) is 9.59 Å². The molecule has 3 aromatic rings. The first kappa shape index (κ1) is 20.2. The van der Waals surface area contributed by atoms with Crippen LogP contribution in [0.4, 0.5) is 5.82 Å². The van der Waals surface area contributed by atoms with Crippen LogP contribution in [0, 0.1) is 18.6 Å². The highest BCUT2D eigenvalue weighted by atomic mass is 32.1. The zero-order chi connectivity index (χ0) is 21.3. The number of amides is 1. The number of carbonyl (C=O) groups is 1. The quantitative estimate of drug-likeness (QED) is 0.646. The normalized spacial score (nSPS) is 14.3. The van der Waals surface area contributed by atoms with Crippen LogP contribution >= 0.6 is 12.2 Å². The van der Waals surface area contributed by atoms with Crippen LogP contribution in [0.5, 0.6) is 0 Å². The number of fused-ring (bicyclic) bond motifs is 1. The predicted octanol–water partition coefficient (Wildman–Crippen LogP) is 2.20. The first-order valence-corrected chi connectivity index (χ1v) is 10.4. The smallest absolute Gasteiger partial charge is 0.262 e. The van der Waals surface area contributed by atoms with E-state index in [1.807, 2.05) is 43.0 Å². The summed E-state index contributed by atoms with van der Waals surface area (Å²) in [5.74, 6) is 1.68. The van der Waals surface area contributed by atoms with Crippen molar-refractivity contribution in [3.63, 3.8) is 0 Å². The topological polar surface area (TPSA) is 87.1 Å². The number of nitrogens with one attached hydrogen (secondary N) is 1. The number of aromatic amines is 1. The first-order chi connectivity index (χ1) is 14.4. The lowest BCUT2D eigenvalue weighted by molar-refractivity contribution is -0.131. The van der Waals surface area contributed by atoms with Crippen molar-refractivity contribution in [1.29, 1.82) is 0 Å². The molecule has 3 heterocycles. The highest BCUT2D eigenvalue weighted by Gasteiger charge is 2.22. The van der Waals surface area contributed by atoms with E-state index in [1.165, 1.54) is 4.57 Å². The van der Waals surface area contributed by atoms with E-state index in [1.54, 1.807) is 6.07 Å². The summed E-state index contributed by atoms with van der Waals surface area (Å²) in [4.78, 5) is 41.4. The average Bonchev–Trinajstić information content (AvgIpc) is 2.73. The largest absolute Gasteiger partial charge is 0.353 e. The van der Waals surface area contributed by atoms with Crippen molar-refractivity contribution in [2.75, 3.05) is 31.1 Å². The minimum Gasteiger partial charge on any atom is -0.353 e. The van der Waals surface area contributed by atoms with Gasteiger partial charge in [-0.3, -0.25) is 14.2 Å². The van der Waals surface area contributed by atoms with Crippen molar-refractivity contribution >= 4 is 34.8 Å². The van der Waals surface area contributed by atoms with Gasteiger partial charge >= 0.3 is 0 Å². The molecule has 1 N–H and O–H groups in total. The van der Waals surface area contributed by atoms with Crippen LogP contribution in [-0.2, 0) is 11.3 Å². The Morgan fingerprint density at radius 1 is 1.13 bits per heavy atom. The van der Waals surface area contributed by atoms with E-state index in [0.717, 1.165) is 30.4 Å². The van der Waals surface area contributed by atoms with E-state index in [4.69, 9.17) is 12.2 Å². The van der Waals surface area contributed by atoms with Crippen LogP contribution in [0.25, 0.3) is 10.9 Å². The summed E-state index contributed by atoms with van der Waals surface area (Å²) in [5, 5.41) is 0.572. The lowest BCUT2D eigenvalue weighted by Gasteiger charge is -2.35. The van der Waals surface area contributed by atoms with Crippen LogP contribution < -0.4 is 10.5 Å². The summed E-state index contributed by atoms with van der Waals surface area (Å²) in [5.41, 5.74) is 1.48. The van der Waals surface area contributed by atoms with Crippen molar-refractivity contribution in [3.8, 4) is 0 Å². The molecule has 1 fully saturated rings. The fourth-order valence-electron chi connectivity index (χ4n) is 3.81. The second-order valence-electron chi connectivity index (χ2n) is 7.47. The van der Waals surface area contributed by atoms with E-state index in [2.05, 4.69) is 19.9 Å². The molecule has 156 valence electrons. The molecular formula is C21H24N6O2S. The van der Waals surface area contributed by atoms with E-state index in [0.29, 0.717) is 28.8 Å². The second kappa shape index (κ2) is 8.35. The standard InChI is InChI=1S/C21H24N6O2S/c1-14-13-18(23-15(2)22-14)25-9-11-26(12-10-25)19(28)7-8-27-20(29)16-5-3-4-6-17(16)24-21(27)30/h3-6,13H,7-12H2,1-2H3,(H,24,30). The summed E-state index contributed by atoms with van der Waals surface area (Å²) >= 11 is 5.33. The first-order valence-electron chi connectivity index (χ1n) is 9.99. The molecule has 1 aromatic carbocycles. The van der Waals surface area contributed by atoms with Gasteiger partial charge in [-0.05, 0) is 38.2 Å². The van der Waals surface area contributed by atoms with Crippen molar-refractivity contribution < 1.29 is 4.79 Å². The van der Waals surface area contributed by atoms with E-state index in [-0.39, 0.29) is 24.4 Å². The molecule has 0 spiro atoms. The molecule has 0 unspecified atom stereocenters. The van der Waals surface area contributed by atoms with Crippen molar-refractivity contribution in [2.24, 2.45) is 0 Å². The lowest BCUT2D eigenvalue weighted by Crippen LogP contribution is -2.49. The summed E-state index contributed by atoms with van der Waals surface area (Å²) in [6.45, 7) is 6.80. The Labute approximate surface area is 179 Å². The third-order valence-corrected chi connectivity index (χ3v) is 5.67. The Morgan fingerprint density at radius 2 is 1.87 bits per heavy atom. The van der Waals surface area contributed by atoms with Crippen LogP contribution in [0.15, 0.2) is 35.1 Å². The number of H-pyrrole nitrogens is 1. The highest BCUT2D eigenvalue weighted by Crippen LogP contribution is 2.15. The molecule has 1 aliphatic heterocycles. The molecule has 0 atom stereocenters. The number of anilines is 1. The van der Waals surface area contributed by atoms with Crippen molar-refractivity contribution in [1.82, 2.24) is 24.4 Å². The Hall–Kier alpha value is -3.07. The van der Waals surface area contributed by atoms with Gasteiger partial charge in [0.05, 0.1) is 10.9 Å². The summed E-state index contributed by atoms with van der Waals surface area (Å²) in [7, 11) is 0. The molecule has 2 aromatic heterocycles. The fraction of sp³-hybridized carbons (Fsp3) is 0.381. The maximum atomic E-state index is 12.7. The van der Waals surface area contributed by atoms with Gasteiger partial charge in [0, 0.05) is 50.9 Å². The van der Waals surface area contributed by atoms with Gasteiger partial charge < -0.3 is 14.8 Å². The zero-order valence-electron chi connectivity index (χ0n) is 17.1. The van der Waals surface area contributed by atoms with Gasteiger partial charge in [-0.15, -0.1) is 0 Å². The number of hydrogen-bond donors (Lipinski definition) is 1. The SMILES string of the molecule is Cc1cc(N2CCN(C(=O)CCn3c(=S)[nH]c4ccccc4c3=O)CC2)nc(C)n1. The number of nitrogens with zero attached hydrogens (tertiary/aromatic N) is 5. The maximum Gasteiger partial charge on any atom is 0.262 e. The minimum atomic E-state index is -0.165. The third-order valence-electron chi connectivity index (χ3n) is 5.35. The lowest BCUT2D eigenvalue weighted by atomic mass is 10.2. The molecule has 8 nitrogen and oxygen atoms in total. The van der Waals surface area contributed by atoms with Gasteiger partial charge in [-0.25, -0.2) is 9.97 Å². The molecule has 1 amide bonds. The molecule has 1 aliphatic rings. The van der Waals surface area contributed by atoms with Crippen molar-refractivity contribution in [2.45, 2.75) is 26.8 Å². The molecule has 0 radical (unpaired) electrons. The van der Waals surface area contributed by atoms with Crippen LogP contribution in [0.2, 0.25) is 0 Å². The number of hydrogen-bond acceptors (Lipinski definition) is 6. The molecule has 9 heteroatoms. The Bertz CT molecular complexity index is 1190. The van der Waals surface area contributed by atoms with Gasteiger partial charge in [0.15, 0.2) is 4.77 Å². The molecule has 0 aliphatic carbocycles. The van der Waals surface area contributed by atoms with Gasteiger partial charge in [-0.2, -0.15) is 0 Å². The van der Waals surface area contributed by atoms with Crippen LogP contribution in [-0.4, -0.2) is 56.5 Å². The number of rotatable bonds is 4. The Kier molecular flexibility index (Phi) is 5.63. The predicted molar refractivity (Wildman–Crippen MR) is 118 cm³/mol. The molecule has 0 bridgehead atoms. The van der Waals surface area contributed by atoms with E-state index < -0.39 is 0 Å². The molecule has 30 heavy (non-hydrogen) atoms. The summed E-state index contributed by atoms with van der Waals surface area (Å²) in [6.07, 6.45) is 0.238.